The lowest BCUT2D eigenvalue weighted by Gasteiger charge is -2.23. The number of carbonyl (C=O) groups is 1. The number of fused-ring (bicyclic) bond motifs is 1. The molecule has 1 saturated heterocycles. The molecule has 152 valence electrons. The molecule has 5 nitrogen and oxygen atoms in total. The minimum absolute atomic E-state index is 0.0175. The first-order chi connectivity index (χ1) is 14.1. The van der Waals surface area contributed by atoms with Gasteiger partial charge in [0.1, 0.15) is 17.1 Å². The first-order valence-corrected chi connectivity index (χ1v) is 10.6. The standard InChI is InChI=1S/C22H23FN2O3S/c1-2-27-16-10-8-15(9-11-16)13-20(26)25(14-17-5-4-12-28-17)22-24-21-18(23)6-3-7-19(21)29-22/h3,6-11,17H,2,4-5,12-14H2,1H3. The highest BCUT2D eigenvalue weighted by atomic mass is 32.1. The Morgan fingerprint density at radius 3 is 2.83 bits per heavy atom. The van der Waals surface area contributed by atoms with Crippen LogP contribution in [0.15, 0.2) is 42.5 Å². The summed E-state index contributed by atoms with van der Waals surface area (Å²) in [6, 6.07) is 12.4. The van der Waals surface area contributed by atoms with Crippen molar-refractivity contribution in [3.8, 4) is 5.75 Å². The Balaban J connectivity index is 1.58. The average molecular weight is 415 g/mol. The summed E-state index contributed by atoms with van der Waals surface area (Å²) in [5.74, 6) is 0.326. The fourth-order valence-corrected chi connectivity index (χ4v) is 4.44. The first-order valence-electron chi connectivity index (χ1n) is 9.83. The molecule has 0 saturated carbocycles. The molecule has 0 bridgehead atoms. The van der Waals surface area contributed by atoms with Crippen LogP contribution in [0.1, 0.15) is 25.3 Å². The van der Waals surface area contributed by atoms with E-state index in [0.717, 1.165) is 28.9 Å². The third kappa shape index (κ3) is 4.57. The summed E-state index contributed by atoms with van der Waals surface area (Å²) in [7, 11) is 0. The summed E-state index contributed by atoms with van der Waals surface area (Å²) in [6.07, 6.45) is 2.11. The van der Waals surface area contributed by atoms with Crippen molar-refractivity contribution in [3.05, 3.63) is 53.8 Å². The SMILES string of the molecule is CCOc1ccc(CC(=O)N(CC2CCCO2)c2nc3c(F)cccc3s2)cc1. The van der Waals surface area contributed by atoms with Crippen LogP contribution < -0.4 is 9.64 Å². The quantitative estimate of drug-likeness (QED) is 0.568. The number of halogens is 1. The summed E-state index contributed by atoms with van der Waals surface area (Å²) in [5, 5.41) is 0.511. The highest BCUT2D eigenvalue weighted by molar-refractivity contribution is 7.22. The van der Waals surface area contributed by atoms with Crippen LogP contribution in [0.2, 0.25) is 0 Å². The van der Waals surface area contributed by atoms with Crippen molar-refractivity contribution in [1.29, 1.82) is 0 Å². The number of aromatic nitrogens is 1. The number of ether oxygens (including phenoxy) is 2. The molecule has 1 fully saturated rings. The van der Waals surface area contributed by atoms with Crippen LogP contribution in [0.5, 0.6) is 5.75 Å². The maximum Gasteiger partial charge on any atom is 0.233 e. The van der Waals surface area contributed by atoms with Crippen LogP contribution in [0.3, 0.4) is 0 Å². The molecule has 4 rings (SSSR count). The minimum Gasteiger partial charge on any atom is -0.494 e. The van der Waals surface area contributed by atoms with Crippen LogP contribution in [-0.2, 0) is 16.0 Å². The zero-order chi connectivity index (χ0) is 20.2. The molecule has 0 radical (unpaired) electrons. The van der Waals surface area contributed by atoms with E-state index in [-0.39, 0.29) is 24.2 Å². The lowest BCUT2D eigenvalue weighted by Crippen LogP contribution is -2.38. The largest absolute Gasteiger partial charge is 0.494 e. The van der Waals surface area contributed by atoms with Crippen LogP contribution in [0, 0.1) is 5.82 Å². The monoisotopic (exact) mass is 414 g/mol. The van der Waals surface area contributed by atoms with Crippen LogP contribution in [0.4, 0.5) is 9.52 Å². The fraction of sp³-hybridized carbons (Fsp3) is 0.364. The zero-order valence-corrected chi connectivity index (χ0v) is 17.1. The van der Waals surface area contributed by atoms with Crippen molar-refractivity contribution >= 4 is 32.6 Å². The molecule has 1 unspecified atom stereocenters. The lowest BCUT2D eigenvalue weighted by atomic mass is 10.1. The van der Waals surface area contributed by atoms with E-state index in [4.69, 9.17) is 9.47 Å². The fourth-order valence-electron chi connectivity index (χ4n) is 3.44. The molecule has 29 heavy (non-hydrogen) atoms. The van der Waals surface area contributed by atoms with Gasteiger partial charge in [-0.3, -0.25) is 9.69 Å². The van der Waals surface area contributed by atoms with E-state index < -0.39 is 0 Å². The second kappa shape index (κ2) is 8.88. The van der Waals surface area contributed by atoms with Crippen molar-refractivity contribution < 1.29 is 18.7 Å². The van der Waals surface area contributed by atoms with Gasteiger partial charge >= 0.3 is 0 Å². The van der Waals surface area contributed by atoms with E-state index in [1.165, 1.54) is 17.4 Å². The van der Waals surface area contributed by atoms with E-state index in [9.17, 15) is 9.18 Å². The summed E-state index contributed by atoms with van der Waals surface area (Å²) in [6.45, 7) is 3.67. The Kier molecular flexibility index (Phi) is 6.06. The molecule has 1 atom stereocenters. The highest BCUT2D eigenvalue weighted by Gasteiger charge is 2.26. The van der Waals surface area contributed by atoms with Gasteiger partial charge in [-0.05, 0) is 49.6 Å². The maximum absolute atomic E-state index is 14.1. The molecule has 0 N–H and O–H groups in total. The van der Waals surface area contributed by atoms with Gasteiger partial charge in [-0.2, -0.15) is 0 Å². The molecule has 1 aromatic heterocycles. The summed E-state index contributed by atoms with van der Waals surface area (Å²) < 4.78 is 26.0. The van der Waals surface area contributed by atoms with Gasteiger partial charge in [0.25, 0.3) is 0 Å². The van der Waals surface area contributed by atoms with E-state index in [1.807, 2.05) is 37.3 Å². The molecule has 0 aliphatic carbocycles. The highest BCUT2D eigenvalue weighted by Crippen LogP contribution is 2.31. The number of anilines is 1. The number of thiazole rings is 1. The molecule has 0 spiro atoms. The van der Waals surface area contributed by atoms with Gasteiger partial charge in [0, 0.05) is 6.61 Å². The van der Waals surface area contributed by atoms with E-state index in [2.05, 4.69) is 4.98 Å². The van der Waals surface area contributed by atoms with Crippen LogP contribution in [0.25, 0.3) is 10.2 Å². The Morgan fingerprint density at radius 1 is 1.31 bits per heavy atom. The second-order valence-electron chi connectivity index (χ2n) is 6.98. The Hall–Kier alpha value is -2.51. The van der Waals surface area contributed by atoms with E-state index in [1.54, 1.807) is 11.0 Å². The zero-order valence-electron chi connectivity index (χ0n) is 16.3. The van der Waals surface area contributed by atoms with Gasteiger partial charge in [-0.25, -0.2) is 9.37 Å². The van der Waals surface area contributed by atoms with Crippen molar-refractivity contribution in [2.45, 2.75) is 32.3 Å². The number of amides is 1. The number of hydrogen-bond acceptors (Lipinski definition) is 5. The molecule has 1 aliphatic heterocycles. The van der Waals surface area contributed by atoms with Crippen molar-refractivity contribution in [2.24, 2.45) is 0 Å². The Bertz CT molecular complexity index is 983. The molecule has 3 aromatic rings. The van der Waals surface area contributed by atoms with Gasteiger partial charge in [0.15, 0.2) is 5.13 Å². The molecule has 1 aliphatic rings. The predicted octanol–water partition coefficient (Wildman–Crippen LogP) is 4.59. The third-order valence-corrected chi connectivity index (χ3v) is 5.93. The molecule has 1 amide bonds. The normalized spacial score (nSPS) is 16.3. The number of para-hydroxylation sites is 1. The van der Waals surface area contributed by atoms with Gasteiger partial charge in [0.05, 0.1) is 30.4 Å². The molecular weight excluding hydrogens is 391 g/mol. The van der Waals surface area contributed by atoms with Crippen molar-refractivity contribution in [2.75, 3.05) is 24.7 Å². The number of benzene rings is 2. The number of rotatable bonds is 7. The van der Waals surface area contributed by atoms with E-state index >= 15 is 0 Å². The predicted molar refractivity (Wildman–Crippen MR) is 112 cm³/mol. The molecule has 2 heterocycles. The maximum atomic E-state index is 14.1. The molecule has 7 heteroatoms. The third-order valence-electron chi connectivity index (χ3n) is 4.89. The first kappa shape index (κ1) is 19.8. The van der Waals surface area contributed by atoms with Gasteiger partial charge in [-0.1, -0.05) is 29.5 Å². The summed E-state index contributed by atoms with van der Waals surface area (Å²) in [4.78, 5) is 19.3. The van der Waals surface area contributed by atoms with Gasteiger partial charge in [0.2, 0.25) is 5.91 Å². The molecule has 2 aromatic carbocycles. The van der Waals surface area contributed by atoms with Crippen molar-refractivity contribution in [3.63, 3.8) is 0 Å². The van der Waals surface area contributed by atoms with Crippen LogP contribution >= 0.6 is 11.3 Å². The minimum atomic E-state index is -0.374. The summed E-state index contributed by atoms with van der Waals surface area (Å²) >= 11 is 1.33. The van der Waals surface area contributed by atoms with Crippen LogP contribution in [-0.4, -0.2) is 36.8 Å². The number of nitrogens with zero attached hydrogens (tertiary/aromatic N) is 2. The number of carbonyl (C=O) groups excluding carboxylic acids is 1. The van der Waals surface area contributed by atoms with Gasteiger partial charge < -0.3 is 9.47 Å². The topological polar surface area (TPSA) is 51.7 Å². The molecular formula is C22H23FN2O3S. The van der Waals surface area contributed by atoms with Gasteiger partial charge in [-0.15, -0.1) is 0 Å². The average Bonchev–Trinajstić information content (AvgIpc) is 3.38. The van der Waals surface area contributed by atoms with Crippen molar-refractivity contribution in [1.82, 2.24) is 4.98 Å². The lowest BCUT2D eigenvalue weighted by molar-refractivity contribution is -0.118. The Morgan fingerprint density at radius 2 is 2.14 bits per heavy atom. The number of hydrogen-bond donors (Lipinski definition) is 0. The summed E-state index contributed by atoms with van der Waals surface area (Å²) in [5.41, 5.74) is 1.20. The van der Waals surface area contributed by atoms with E-state index in [0.29, 0.717) is 30.4 Å². The second-order valence-corrected chi connectivity index (χ2v) is 7.99. The Labute approximate surface area is 173 Å². The smallest absolute Gasteiger partial charge is 0.233 e.